The minimum atomic E-state index is -1.39. The average molecular weight is 398 g/mol. The van der Waals surface area contributed by atoms with Crippen LogP contribution in [0.5, 0.6) is 0 Å². The molecule has 0 amide bonds. The molecular weight excluding hydrogens is 376 g/mol. The van der Waals surface area contributed by atoms with Crippen molar-refractivity contribution in [2.45, 2.75) is 32.4 Å². The predicted molar refractivity (Wildman–Crippen MR) is 85.4 cm³/mol. The van der Waals surface area contributed by atoms with Crippen molar-refractivity contribution in [1.29, 1.82) is 0 Å². The normalized spacial score (nSPS) is 11.6. The van der Waals surface area contributed by atoms with Gasteiger partial charge in [0.2, 0.25) is 0 Å². The van der Waals surface area contributed by atoms with E-state index in [1.54, 1.807) is 0 Å². The predicted octanol–water partition coefficient (Wildman–Crippen LogP) is -2.19. The van der Waals surface area contributed by atoms with E-state index in [1.165, 1.54) is 0 Å². The second kappa shape index (κ2) is 15.0. The van der Waals surface area contributed by atoms with Crippen LogP contribution in [0.15, 0.2) is 0 Å². The Morgan fingerprint density at radius 2 is 0.815 bits per heavy atom. The minimum Gasteiger partial charge on any atom is -0.481 e. The maximum atomic E-state index is 10.3. The van der Waals surface area contributed by atoms with E-state index in [-0.39, 0.29) is 7.43 Å². The fourth-order valence-corrected chi connectivity index (χ4v) is 1.26. The Kier molecular flexibility index (Phi) is 15.9. The molecule has 0 bridgehead atoms. The van der Waals surface area contributed by atoms with Crippen LogP contribution in [-0.2, 0) is 28.8 Å². The molecule has 0 aromatic heterocycles. The first-order valence-electron chi connectivity index (χ1n) is 6.66. The molecule has 0 radical (unpaired) electrons. The largest absolute Gasteiger partial charge is 0.481 e. The van der Waals surface area contributed by atoms with Crippen LogP contribution < -0.4 is 10.6 Å². The quantitative estimate of drug-likeness (QED) is 0.174. The van der Waals surface area contributed by atoms with Gasteiger partial charge in [0.15, 0.2) is 0 Å². The highest BCUT2D eigenvalue weighted by atomic mass is 16.4. The van der Waals surface area contributed by atoms with Crippen molar-refractivity contribution in [2.24, 2.45) is 0 Å². The third-order valence-corrected chi connectivity index (χ3v) is 2.35. The van der Waals surface area contributed by atoms with Gasteiger partial charge in [0.1, 0.15) is 12.1 Å². The lowest BCUT2D eigenvalue weighted by molar-refractivity contribution is -0.146. The summed E-state index contributed by atoms with van der Waals surface area (Å²) in [6.07, 6.45) is -1.30. The molecule has 0 heterocycles. The molecule has 0 rings (SSSR count). The number of carbonyl (C=O) groups is 6. The Labute approximate surface area is 152 Å². The molecule has 0 aromatic rings. The molecule has 0 fully saturated rings. The molecule has 2 atom stereocenters. The smallest absolute Gasteiger partial charge is 0.321 e. The zero-order valence-corrected chi connectivity index (χ0v) is 13.1. The topological polar surface area (TPSA) is 248 Å². The summed E-state index contributed by atoms with van der Waals surface area (Å²) in [6, 6.07) is -2.73. The van der Waals surface area contributed by atoms with Crippen molar-refractivity contribution < 1.29 is 59.4 Å². The maximum absolute atomic E-state index is 10.3. The van der Waals surface area contributed by atoms with Gasteiger partial charge in [-0.25, -0.2) is 0 Å². The van der Waals surface area contributed by atoms with Gasteiger partial charge in [-0.15, -0.1) is 0 Å². The SMILES string of the molecule is C.O=C(O)CNC(CC(=O)O)C(=O)O.O=C(O)CNC(CC(=O)O)C(=O)O. The molecule has 0 aromatic carbocycles. The van der Waals surface area contributed by atoms with E-state index < -0.39 is 73.8 Å². The zero-order valence-electron chi connectivity index (χ0n) is 13.1. The highest BCUT2D eigenvalue weighted by Gasteiger charge is 2.21. The lowest BCUT2D eigenvalue weighted by Crippen LogP contribution is -2.41. The molecule has 2 unspecified atom stereocenters. The summed E-state index contributed by atoms with van der Waals surface area (Å²) in [5.41, 5.74) is 0. The Morgan fingerprint density at radius 3 is 0.963 bits per heavy atom. The number of rotatable bonds is 12. The van der Waals surface area contributed by atoms with Gasteiger partial charge >= 0.3 is 35.8 Å². The minimum absolute atomic E-state index is 0. The van der Waals surface area contributed by atoms with Crippen LogP contribution >= 0.6 is 0 Å². The number of aliphatic carboxylic acids is 6. The van der Waals surface area contributed by atoms with E-state index in [1.807, 2.05) is 0 Å². The molecule has 0 saturated heterocycles. The average Bonchev–Trinajstić information content (AvgIpc) is 2.46. The monoisotopic (exact) mass is 398 g/mol. The van der Waals surface area contributed by atoms with Crippen molar-refractivity contribution in [1.82, 2.24) is 10.6 Å². The summed E-state index contributed by atoms with van der Waals surface area (Å²) in [5.74, 6) is -7.85. The van der Waals surface area contributed by atoms with E-state index in [0.717, 1.165) is 0 Å². The molecule has 0 saturated carbocycles. The van der Waals surface area contributed by atoms with Crippen LogP contribution in [0.1, 0.15) is 20.3 Å². The molecule has 14 nitrogen and oxygen atoms in total. The first kappa shape index (κ1) is 28.5. The third-order valence-electron chi connectivity index (χ3n) is 2.35. The summed E-state index contributed by atoms with van der Waals surface area (Å²) in [4.78, 5) is 60.9. The van der Waals surface area contributed by atoms with E-state index in [9.17, 15) is 28.8 Å². The fourth-order valence-electron chi connectivity index (χ4n) is 1.26. The van der Waals surface area contributed by atoms with Gasteiger partial charge in [0.25, 0.3) is 0 Å². The third kappa shape index (κ3) is 18.9. The standard InChI is InChI=1S/2C6H9NO6.CH4/c2*8-4(9)1-3(6(12)13)7-2-5(10)11;/h2*3,7H,1-2H2,(H,8,9)(H,10,11)(H,12,13);1H4. The molecule has 27 heavy (non-hydrogen) atoms. The number of carboxylic acids is 6. The Hall–Kier alpha value is -3.26. The van der Waals surface area contributed by atoms with Gasteiger partial charge in [0, 0.05) is 0 Å². The molecule has 0 aliphatic rings. The van der Waals surface area contributed by atoms with Crippen LogP contribution in [0.25, 0.3) is 0 Å². The molecule has 8 N–H and O–H groups in total. The molecular formula is C13H22N2O12. The summed E-state index contributed by atoms with van der Waals surface area (Å²) in [5, 5.41) is 53.8. The number of hydrogen-bond acceptors (Lipinski definition) is 8. The van der Waals surface area contributed by atoms with Crippen molar-refractivity contribution in [2.75, 3.05) is 13.1 Å². The van der Waals surface area contributed by atoms with Crippen LogP contribution in [-0.4, -0.2) is 91.6 Å². The summed E-state index contributed by atoms with van der Waals surface area (Å²) in [6.45, 7) is -1.16. The molecule has 0 spiro atoms. The van der Waals surface area contributed by atoms with Crippen molar-refractivity contribution in [3.8, 4) is 0 Å². The van der Waals surface area contributed by atoms with Gasteiger partial charge in [0.05, 0.1) is 25.9 Å². The highest BCUT2D eigenvalue weighted by Crippen LogP contribution is 1.92. The van der Waals surface area contributed by atoms with Crippen LogP contribution in [0.4, 0.5) is 0 Å². The molecule has 156 valence electrons. The van der Waals surface area contributed by atoms with Gasteiger partial charge in [-0.3, -0.25) is 39.4 Å². The Balaban J connectivity index is -0.000000411. The lowest BCUT2D eigenvalue weighted by Gasteiger charge is -2.09. The highest BCUT2D eigenvalue weighted by molar-refractivity contribution is 5.82. The van der Waals surface area contributed by atoms with Crippen molar-refractivity contribution >= 4 is 35.8 Å². The number of hydrogen-bond donors (Lipinski definition) is 8. The Bertz CT molecular complexity index is 499. The zero-order chi connectivity index (χ0) is 20.9. The molecule has 14 heteroatoms. The van der Waals surface area contributed by atoms with Crippen LogP contribution in [0.3, 0.4) is 0 Å². The summed E-state index contributed by atoms with van der Waals surface area (Å²) < 4.78 is 0. The van der Waals surface area contributed by atoms with Gasteiger partial charge in [-0.1, -0.05) is 7.43 Å². The number of carboxylic acid groups (broad SMARTS) is 6. The van der Waals surface area contributed by atoms with Gasteiger partial charge < -0.3 is 30.6 Å². The molecule has 0 aliphatic carbocycles. The lowest BCUT2D eigenvalue weighted by atomic mass is 10.2. The van der Waals surface area contributed by atoms with Crippen molar-refractivity contribution in [3.05, 3.63) is 0 Å². The maximum Gasteiger partial charge on any atom is 0.321 e. The van der Waals surface area contributed by atoms with Crippen LogP contribution in [0, 0.1) is 0 Å². The van der Waals surface area contributed by atoms with Gasteiger partial charge in [-0.05, 0) is 0 Å². The fraction of sp³-hybridized carbons (Fsp3) is 0.538. The second-order valence-electron chi connectivity index (χ2n) is 4.53. The summed E-state index contributed by atoms with van der Waals surface area (Å²) in [7, 11) is 0. The summed E-state index contributed by atoms with van der Waals surface area (Å²) >= 11 is 0. The Morgan fingerprint density at radius 1 is 0.556 bits per heavy atom. The van der Waals surface area contributed by atoms with E-state index in [4.69, 9.17) is 30.6 Å². The first-order chi connectivity index (χ1) is 11.9. The molecule has 0 aliphatic heterocycles. The first-order valence-corrected chi connectivity index (χ1v) is 6.66. The van der Waals surface area contributed by atoms with Gasteiger partial charge in [-0.2, -0.15) is 0 Å². The van der Waals surface area contributed by atoms with E-state index in [2.05, 4.69) is 10.6 Å². The number of nitrogens with one attached hydrogen (secondary N) is 2. The second-order valence-corrected chi connectivity index (χ2v) is 4.53. The van der Waals surface area contributed by atoms with E-state index >= 15 is 0 Å². The van der Waals surface area contributed by atoms with Crippen LogP contribution in [0.2, 0.25) is 0 Å². The van der Waals surface area contributed by atoms with Crippen molar-refractivity contribution in [3.63, 3.8) is 0 Å². The van der Waals surface area contributed by atoms with E-state index in [0.29, 0.717) is 0 Å².